The zero-order chi connectivity index (χ0) is 16.7. The zero-order valence-corrected chi connectivity index (χ0v) is 14.4. The van der Waals surface area contributed by atoms with Gasteiger partial charge in [-0.05, 0) is 77.6 Å². The fourth-order valence-electron chi connectivity index (χ4n) is 3.67. The highest BCUT2D eigenvalue weighted by molar-refractivity contribution is 7.79. The molecule has 24 heavy (non-hydrogen) atoms. The van der Waals surface area contributed by atoms with Crippen molar-refractivity contribution < 1.29 is 13.5 Å². The van der Waals surface area contributed by atoms with Gasteiger partial charge in [0.05, 0.1) is 12.0 Å². The van der Waals surface area contributed by atoms with E-state index in [2.05, 4.69) is 12.1 Å². The van der Waals surface area contributed by atoms with E-state index in [9.17, 15) is 8.76 Å². The lowest BCUT2D eigenvalue weighted by molar-refractivity contribution is 0.415. The van der Waals surface area contributed by atoms with Gasteiger partial charge in [-0.25, -0.2) is 4.21 Å². The van der Waals surface area contributed by atoms with Gasteiger partial charge < -0.3 is 9.29 Å². The Morgan fingerprint density at radius 1 is 0.917 bits per heavy atom. The fourth-order valence-corrected chi connectivity index (χ4v) is 4.04. The maximum Gasteiger partial charge on any atom is 0.186 e. The molecule has 4 rings (SSSR count). The smallest absolute Gasteiger partial charge is 0.186 e. The summed E-state index contributed by atoms with van der Waals surface area (Å²) in [7, 11) is 1.68. The molecule has 0 aromatic heterocycles. The predicted molar refractivity (Wildman–Crippen MR) is 96.2 cm³/mol. The van der Waals surface area contributed by atoms with Crippen molar-refractivity contribution in [2.45, 2.75) is 30.6 Å². The van der Waals surface area contributed by atoms with Crippen LogP contribution < -0.4 is 4.74 Å². The minimum atomic E-state index is -1.92. The van der Waals surface area contributed by atoms with Crippen LogP contribution in [0.15, 0.2) is 53.4 Å². The van der Waals surface area contributed by atoms with Crippen LogP contribution in [0.5, 0.6) is 5.75 Å². The van der Waals surface area contributed by atoms with Gasteiger partial charge in [0, 0.05) is 0 Å². The number of hydrogen-bond donors (Lipinski definition) is 1. The second kappa shape index (κ2) is 5.87. The molecule has 0 aliphatic heterocycles. The molecule has 1 unspecified atom stereocenters. The third-order valence-corrected chi connectivity index (χ3v) is 5.94. The number of benzene rings is 2. The minimum Gasteiger partial charge on any atom is -0.497 e. The third-order valence-electron chi connectivity index (χ3n) is 5.27. The third kappa shape index (κ3) is 2.80. The van der Waals surface area contributed by atoms with E-state index in [1.807, 2.05) is 24.3 Å². The molecular weight excluding hydrogens is 320 g/mol. The van der Waals surface area contributed by atoms with Crippen LogP contribution in [0.1, 0.15) is 36.8 Å². The first kappa shape index (κ1) is 15.6. The molecule has 4 heteroatoms. The van der Waals surface area contributed by atoms with Crippen LogP contribution in [0.25, 0.3) is 11.1 Å². The molecule has 2 aromatic rings. The van der Waals surface area contributed by atoms with Crippen LogP contribution in [0.2, 0.25) is 0 Å². The first-order chi connectivity index (χ1) is 11.6. The van der Waals surface area contributed by atoms with Crippen molar-refractivity contribution in [2.75, 3.05) is 7.11 Å². The summed E-state index contributed by atoms with van der Waals surface area (Å²) in [6.07, 6.45) is 4.84. The molecule has 0 amide bonds. The average molecular weight is 340 g/mol. The SMILES string of the molecule is COc1ccc(C2=C(c3ccc(S(=O)O)cc3)CC3(CC3)C2)cc1. The van der Waals surface area contributed by atoms with Crippen molar-refractivity contribution in [1.82, 2.24) is 0 Å². The van der Waals surface area contributed by atoms with Gasteiger partial charge in [0.2, 0.25) is 0 Å². The van der Waals surface area contributed by atoms with Gasteiger partial charge in [0.1, 0.15) is 5.75 Å². The van der Waals surface area contributed by atoms with E-state index in [0.29, 0.717) is 10.3 Å². The van der Waals surface area contributed by atoms with Crippen molar-refractivity contribution in [1.29, 1.82) is 0 Å². The second-order valence-corrected chi connectivity index (χ2v) is 7.78. The molecule has 0 bridgehead atoms. The average Bonchev–Trinajstić information content (AvgIpc) is 3.26. The number of methoxy groups -OCH3 is 1. The van der Waals surface area contributed by atoms with E-state index >= 15 is 0 Å². The van der Waals surface area contributed by atoms with Crippen LogP contribution in [0.4, 0.5) is 0 Å². The van der Waals surface area contributed by atoms with Gasteiger partial charge >= 0.3 is 0 Å². The quantitative estimate of drug-likeness (QED) is 0.816. The summed E-state index contributed by atoms with van der Waals surface area (Å²) >= 11 is -1.92. The van der Waals surface area contributed by atoms with Gasteiger partial charge in [-0.3, -0.25) is 0 Å². The summed E-state index contributed by atoms with van der Waals surface area (Å²) in [5.41, 5.74) is 5.67. The first-order valence-electron chi connectivity index (χ1n) is 8.18. The number of ether oxygens (including phenoxy) is 1. The van der Waals surface area contributed by atoms with E-state index in [1.54, 1.807) is 19.2 Å². The summed E-state index contributed by atoms with van der Waals surface area (Å²) < 4.78 is 25.6. The Labute approximate surface area is 144 Å². The molecule has 1 atom stereocenters. The zero-order valence-electron chi connectivity index (χ0n) is 13.6. The summed E-state index contributed by atoms with van der Waals surface area (Å²) in [4.78, 5) is 0.449. The molecule has 124 valence electrons. The van der Waals surface area contributed by atoms with Gasteiger partial charge in [-0.2, -0.15) is 0 Å². The predicted octanol–water partition coefficient (Wildman–Crippen LogP) is 4.76. The molecule has 0 heterocycles. The van der Waals surface area contributed by atoms with Crippen LogP contribution in [0, 0.1) is 5.41 Å². The van der Waals surface area contributed by atoms with E-state index in [-0.39, 0.29) is 0 Å². The van der Waals surface area contributed by atoms with Gasteiger partial charge in [-0.15, -0.1) is 0 Å². The highest BCUT2D eigenvalue weighted by Crippen LogP contribution is 2.63. The summed E-state index contributed by atoms with van der Waals surface area (Å²) in [5, 5.41) is 0. The number of hydrogen-bond acceptors (Lipinski definition) is 2. The Kier molecular flexibility index (Phi) is 3.82. The van der Waals surface area contributed by atoms with Gasteiger partial charge in [-0.1, -0.05) is 24.3 Å². The van der Waals surface area contributed by atoms with Gasteiger partial charge in [0.15, 0.2) is 11.1 Å². The van der Waals surface area contributed by atoms with E-state index < -0.39 is 11.1 Å². The Morgan fingerprint density at radius 3 is 1.83 bits per heavy atom. The van der Waals surface area contributed by atoms with Crippen molar-refractivity contribution in [3.8, 4) is 5.75 Å². The molecule has 0 radical (unpaired) electrons. The van der Waals surface area contributed by atoms with E-state index in [1.165, 1.54) is 35.1 Å². The standard InChI is InChI=1S/C20H20O3S/c1-23-16-6-2-14(3-7-16)18-12-20(10-11-20)13-19(18)15-4-8-17(9-5-15)24(21)22/h2-9H,10-13H2,1H3,(H,21,22). The molecule has 1 N–H and O–H groups in total. The lowest BCUT2D eigenvalue weighted by Gasteiger charge is -2.09. The lowest BCUT2D eigenvalue weighted by Crippen LogP contribution is -1.93. The van der Waals surface area contributed by atoms with Crippen molar-refractivity contribution in [3.63, 3.8) is 0 Å². The van der Waals surface area contributed by atoms with E-state index in [4.69, 9.17) is 4.74 Å². The van der Waals surface area contributed by atoms with Crippen LogP contribution >= 0.6 is 0 Å². The highest BCUT2D eigenvalue weighted by atomic mass is 32.2. The fraction of sp³-hybridized carbons (Fsp3) is 0.300. The molecule has 2 aliphatic carbocycles. The molecule has 1 saturated carbocycles. The van der Waals surface area contributed by atoms with Crippen molar-refractivity contribution >= 4 is 22.2 Å². The van der Waals surface area contributed by atoms with Crippen molar-refractivity contribution in [2.24, 2.45) is 5.41 Å². The molecule has 1 spiro atoms. The molecular formula is C20H20O3S. The topological polar surface area (TPSA) is 46.5 Å². The Morgan fingerprint density at radius 2 is 1.42 bits per heavy atom. The van der Waals surface area contributed by atoms with Crippen LogP contribution in [-0.2, 0) is 11.1 Å². The first-order valence-corrected chi connectivity index (χ1v) is 9.29. The largest absolute Gasteiger partial charge is 0.497 e. The summed E-state index contributed by atoms with van der Waals surface area (Å²) in [6, 6.07) is 15.7. The monoisotopic (exact) mass is 340 g/mol. The molecule has 1 fully saturated rings. The van der Waals surface area contributed by atoms with Crippen molar-refractivity contribution in [3.05, 3.63) is 59.7 Å². The van der Waals surface area contributed by atoms with Crippen LogP contribution in [-0.4, -0.2) is 15.9 Å². The Hall–Kier alpha value is -1.91. The number of rotatable bonds is 4. The Balaban J connectivity index is 1.74. The molecule has 2 aromatic carbocycles. The maximum atomic E-state index is 11.2. The molecule has 0 saturated heterocycles. The summed E-state index contributed by atoms with van der Waals surface area (Å²) in [5.74, 6) is 0.870. The minimum absolute atomic E-state index is 0.449. The highest BCUT2D eigenvalue weighted by Gasteiger charge is 2.48. The number of allylic oxidation sites excluding steroid dienone is 2. The molecule has 2 aliphatic rings. The lowest BCUT2D eigenvalue weighted by atomic mass is 9.97. The normalized spacial score (nSPS) is 19.6. The Bertz CT molecular complexity index is 815. The van der Waals surface area contributed by atoms with E-state index in [0.717, 1.165) is 18.6 Å². The maximum absolute atomic E-state index is 11.2. The van der Waals surface area contributed by atoms with Gasteiger partial charge in [0.25, 0.3) is 0 Å². The van der Waals surface area contributed by atoms with Crippen LogP contribution in [0.3, 0.4) is 0 Å². The summed E-state index contributed by atoms with van der Waals surface area (Å²) in [6.45, 7) is 0. The second-order valence-electron chi connectivity index (χ2n) is 6.81. The molecule has 3 nitrogen and oxygen atoms in total.